The van der Waals surface area contributed by atoms with E-state index in [1.165, 1.54) is 11.0 Å². The summed E-state index contributed by atoms with van der Waals surface area (Å²) in [6.07, 6.45) is 3.74. The molecule has 0 aliphatic carbocycles. The molecule has 0 atom stereocenters. The molecule has 0 bridgehead atoms. The number of benzene rings is 1. The molecular weight excluding hydrogens is 324 g/mol. The Morgan fingerprint density at radius 2 is 1.96 bits per heavy atom. The number of carbonyl (C=O) groups excluding carboxylic acids is 3. The quantitative estimate of drug-likeness (QED) is 0.685. The number of anilines is 2. The number of nitrogens with one attached hydrogen (secondary N) is 1. The van der Waals surface area contributed by atoms with E-state index in [9.17, 15) is 14.4 Å². The van der Waals surface area contributed by atoms with Gasteiger partial charge in [0.15, 0.2) is 0 Å². The molecule has 0 saturated carbocycles. The van der Waals surface area contributed by atoms with Gasteiger partial charge in [0, 0.05) is 29.5 Å². The average molecular weight is 340 g/mol. The van der Waals surface area contributed by atoms with Crippen LogP contribution in [0.15, 0.2) is 41.8 Å². The third-order valence-corrected chi connectivity index (χ3v) is 4.54. The summed E-state index contributed by atoms with van der Waals surface area (Å²) in [5.74, 6) is -0.596. The van der Waals surface area contributed by atoms with E-state index >= 15 is 0 Å². The summed E-state index contributed by atoms with van der Waals surface area (Å²) in [6, 6.07) is 8.99. The van der Waals surface area contributed by atoms with E-state index in [-0.39, 0.29) is 30.6 Å². The maximum absolute atomic E-state index is 12.0. The van der Waals surface area contributed by atoms with Gasteiger partial charge in [0.05, 0.1) is 5.69 Å². The fraction of sp³-hybridized carbons (Fsp3) is 0.167. The monoisotopic (exact) mass is 340 g/mol. The molecule has 5 nitrogen and oxygen atoms in total. The Morgan fingerprint density at radius 3 is 2.58 bits per heavy atom. The fourth-order valence-electron chi connectivity index (χ4n) is 2.56. The van der Waals surface area contributed by atoms with Gasteiger partial charge >= 0.3 is 0 Å². The lowest BCUT2D eigenvalue weighted by Gasteiger charge is -2.17. The summed E-state index contributed by atoms with van der Waals surface area (Å²) in [7, 11) is 0. The Balaban J connectivity index is 1.72. The van der Waals surface area contributed by atoms with E-state index in [0.717, 1.165) is 10.4 Å². The summed E-state index contributed by atoms with van der Waals surface area (Å²) in [4.78, 5) is 37.8. The van der Waals surface area contributed by atoms with Crippen molar-refractivity contribution in [1.29, 1.82) is 0 Å². The van der Waals surface area contributed by atoms with Gasteiger partial charge in [-0.1, -0.05) is 6.07 Å². The Kier molecular flexibility index (Phi) is 4.57. The number of rotatable bonds is 4. The lowest BCUT2D eigenvalue weighted by molar-refractivity contribution is -0.121. The van der Waals surface area contributed by atoms with Crippen molar-refractivity contribution in [3.8, 4) is 0 Å². The van der Waals surface area contributed by atoms with Crippen LogP contribution in [0.2, 0.25) is 0 Å². The van der Waals surface area contributed by atoms with Crippen molar-refractivity contribution in [1.82, 2.24) is 0 Å². The Labute approximate surface area is 143 Å². The van der Waals surface area contributed by atoms with Gasteiger partial charge in [-0.2, -0.15) is 0 Å². The number of nitrogens with zero attached hydrogens (tertiary/aromatic N) is 1. The van der Waals surface area contributed by atoms with Gasteiger partial charge in [-0.25, -0.2) is 0 Å². The Morgan fingerprint density at radius 1 is 1.21 bits per heavy atom. The number of carbonyl (C=O) groups is 3. The molecule has 0 unspecified atom stereocenters. The van der Waals surface area contributed by atoms with Gasteiger partial charge in [-0.3, -0.25) is 19.3 Å². The molecule has 1 saturated heterocycles. The molecule has 6 heteroatoms. The van der Waals surface area contributed by atoms with E-state index in [4.69, 9.17) is 0 Å². The second kappa shape index (κ2) is 6.80. The number of thiophene rings is 1. The smallest absolute Gasteiger partial charge is 0.248 e. The zero-order chi connectivity index (χ0) is 17.1. The highest BCUT2D eigenvalue weighted by atomic mass is 32.1. The van der Waals surface area contributed by atoms with E-state index in [1.807, 2.05) is 24.4 Å². The van der Waals surface area contributed by atoms with Crippen molar-refractivity contribution in [3.05, 3.63) is 52.2 Å². The highest BCUT2D eigenvalue weighted by molar-refractivity contribution is 7.10. The largest absolute Gasteiger partial charge is 0.323 e. The van der Waals surface area contributed by atoms with Crippen molar-refractivity contribution < 1.29 is 14.4 Å². The number of imide groups is 1. The highest BCUT2D eigenvalue weighted by Crippen LogP contribution is 2.28. The molecule has 3 rings (SSSR count). The van der Waals surface area contributed by atoms with Crippen molar-refractivity contribution >= 4 is 46.5 Å². The van der Waals surface area contributed by atoms with Crippen LogP contribution in [0.3, 0.4) is 0 Å². The number of amides is 3. The zero-order valence-electron chi connectivity index (χ0n) is 13.1. The van der Waals surface area contributed by atoms with Crippen molar-refractivity contribution in [2.24, 2.45) is 0 Å². The maximum Gasteiger partial charge on any atom is 0.248 e. The molecule has 2 heterocycles. The van der Waals surface area contributed by atoms with Crippen molar-refractivity contribution in [2.75, 3.05) is 10.2 Å². The van der Waals surface area contributed by atoms with Gasteiger partial charge in [0.2, 0.25) is 17.7 Å². The third-order valence-electron chi connectivity index (χ3n) is 3.70. The molecule has 122 valence electrons. The first-order valence-electron chi connectivity index (χ1n) is 7.53. The second-order valence-electron chi connectivity index (χ2n) is 5.46. The van der Waals surface area contributed by atoms with Crippen LogP contribution in [-0.4, -0.2) is 17.7 Å². The first kappa shape index (κ1) is 16.1. The normalized spacial score (nSPS) is 14.6. The lowest BCUT2D eigenvalue weighted by Crippen LogP contribution is -2.29. The molecule has 3 amide bonds. The average Bonchev–Trinajstić information content (AvgIpc) is 3.17. The number of hydrogen-bond donors (Lipinski definition) is 1. The van der Waals surface area contributed by atoms with Crippen LogP contribution in [0.25, 0.3) is 6.08 Å². The third kappa shape index (κ3) is 3.44. The van der Waals surface area contributed by atoms with Crippen LogP contribution in [0, 0.1) is 6.92 Å². The van der Waals surface area contributed by atoms with Crippen LogP contribution in [0.4, 0.5) is 11.4 Å². The summed E-state index contributed by atoms with van der Waals surface area (Å²) >= 11 is 1.55. The number of aryl methyl sites for hydroxylation is 1. The molecular formula is C18H16N2O3S. The van der Waals surface area contributed by atoms with Crippen molar-refractivity contribution in [3.63, 3.8) is 0 Å². The van der Waals surface area contributed by atoms with Gasteiger partial charge in [0.1, 0.15) is 0 Å². The summed E-state index contributed by atoms with van der Waals surface area (Å²) in [5, 5.41) is 4.72. The van der Waals surface area contributed by atoms with Gasteiger partial charge in [0.25, 0.3) is 0 Å². The molecule has 1 N–H and O–H groups in total. The molecule has 1 aliphatic heterocycles. The minimum Gasteiger partial charge on any atom is -0.323 e. The Hall–Kier alpha value is -2.73. The van der Waals surface area contributed by atoms with Gasteiger partial charge in [-0.05, 0) is 48.2 Å². The summed E-state index contributed by atoms with van der Waals surface area (Å²) < 4.78 is 0. The minimum absolute atomic E-state index is 0.182. The van der Waals surface area contributed by atoms with Crippen LogP contribution in [0.5, 0.6) is 0 Å². The van der Waals surface area contributed by atoms with E-state index in [2.05, 4.69) is 5.32 Å². The Bertz CT molecular complexity index is 809. The first-order valence-corrected chi connectivity index (χ1v) is 8.41. The molecule has 1 aromatic heterocycles. The van der Waals surface area contributed by atoms with Gasteiger partial charge < -0.3 is 5.32 Å². The van der Waals surface area contributed by atoms with Crippen LogP contribution in [-0.2, 0) is 14.4 Å². The zero-order valence-corrected chi connectivity index (χ0v) is 13.9. The summed E-state index contributed by atoms with van der Waals surface area (Å²) in [5.41, 5.74) is 1.96. The predicted molar refractivity (Wildman–Crippen MR) is 94.9 cm³/mol. The molecule has 0 radical (unpaired) electrons. The second-order valence-corrected chi connectivity index (χ2v) is 6.44. The lowest BCUT2D eigenvalue weighted by atomic mass is 10.1. The van der Waals surface area contributed by atoms with Gasteiger partial charge in [-0.15, -0.1) is 11.3 Å². The van der Waals surface area contributed by atoms with E-state index in [1.54, 1.807) is 35.6 Å². The number of hydrogen-bond acceptors (Lipinski definition) is 4. The molecule has 0 spiro atoms. The molecule has 2 aromatic rings. The molecule has 24 heavy (non-hydrogen) atoms. The van der Waals surface area contributed by atoms with Crippen LogP contribution >= 0.6 is 11.3 Å². The summed E-state index contributed by atoms with van der Waals surface area (Å²) in [6.45, 7) is 1.81. The van der Waals surface area contributed by atoms with Crippen LogP contribution < -0.4 is 10.2 Å². The maximum atomic E-state index is 12.0. The molecule has 1 aromatic carbocycles. The van der Waals surface area contributed by atoms with E-state index in [0.29, 0.717) is 11.4 Å². The topological polar surface area (TPSA) is 66.5 Å². The molecule has 1 fully saturated rings. The first-order chi connectivity index (χ1) is 11.5. The van der Waals surface area contributed by atoms with E-state index < -0.39 is 0 Å². The predicted octanol–water partition coefficient (Wildman–Crippen LogP) is 3.36. The fourth-order valence-corrected chi connectivity index (χ4v) is 3.18. The SMILES string of the molecule is Cc1cc(NC(=O)/C=C\c2cccs2)ccc1N1C(=O)CCC1=O. The van der Waals surface area contributed by atoms with Crippen LogP contribution in [0.1, 0.15) is 23.3 Å². The van der Waals surface area contributed by atoms with Crippen molar-refractivity contribution in [2.45, 2.75) is 19.8 Å². The highest BCUT2D eigenvalue weighted by Gasteiger charge is 2.31. The molecule has 1 aliphatic rings. The standard InChI is InChI=1S/C18H16N2O3S/c1-12-11-13(19-16(21)7-5-14-3-2-10-24-14)4-6-15(12)20-17(22)8-9-18(20)23/h2-7,10-11H,8-9H2,1H3,(H,19,21)/b7-5-. The minimum atomic E-state index is -0.233.